The lowest BCUT2D eigenvalue weighted by Crippen LogP contribution is -2.60. The molecule has 2 aliphatic carbocycles. The molecule has 2 aliphatic rings. The van der Waals surface area contributed by atoms with Crippen molar-refractivity contribution in [3.05, 3.63) is 0 Å². The number of sulfonamides is 1. The fraction of sp³-hybridized carbons (Fsp3) is 0.857. The summed E-state index contributed by atoms with van der Waals surface area (Å²) in [5, 5.41) is 11.5. The zero-order chi connectivity index (χ0) is 16.4. The van der Waals surface area contributed by atoms with E-state index in [1.54, 1.807) is 0 Å². The minimum Gasteiger partial charge on any atom is -0.480 e. The van der Waals surface area contributed by atoms with Crippen LogP contribution < -0.4 is 10.0 Å². The van der Waals surface area contributed by atoms with Crippen molar-refractivity contribution in [2.24, 2.45) is 5.92 Å². The molecule has 22 heavy (non-hydrogen) atoms. The van der Waals surface area contributed by atoms with Crippen molar-refractivity contribution in [2.75, 3.05) is 5.75 Å². The highest BCUT2D eigenvalue weighted by Gasteiger charge is 2.46. The lowest BCUT2D eigenvalue weighted by Gasteiger charge is -2.38. The Bertz CT molecular complexity index is 533. The van der Waals surface area contributed by atoms with Gasteiger partial charge in [-0.1, -0.05) is 6.92 Å². The summed E-state index contributed by atoms with van der Waals surface area (Å²) in [6.07, 6.45) is 4.92. The van der Waals surface area contributed by atoms with Gasteiger partial charge in [0.2, 0.25) is 15.9 Å². The van der Waals surface area contributed by atoms with Crippen LogP contribution in [0.4, 0.5) is 0 Å². The molecule has 0 saturated heterocycles. The average molecular weight is 332 g/mol. The van der Waals surface area contributed by atoms with Crippen molar-refractivity contribution in [2.45, 2.75) is 63.5 Å². The van der Waals surface area contributed by atoms with E-state index in [2.05, 4.69) is 17.0 Å². The number of carboxylic acid groups (broad SMARTS) is 1. The lowest BCUT2D eigenvalue weighted by molar-refractivity contribution is -0.151. The molecule has 2 rings (SSSR count). The fourth-order valence-corrected chi connectivity index (χ4v) is 4.32. The van der Waals surface area contributed by atoms with Gasteiger partial charge in [-0.3, -0.25) is 4.79 Å². The Morgan fingerprint density at radius 3 is 2.23 bits per heavy atom. The third-order valence-corrected chi connectivity index (χ3v) is 6.01. The van der Waals surface area contributed by atoms with Crippen LogP contribution in [0.25, 0.3) is 0 Å². The maximum absolute atomic E-state index is 12.0. The van der Waals surface area contributed by atoms with Gasteiger partial charge < -0.3 is 10.4 Å². The third-order valence-electron chi connectivity index (χ3n) is 4.68. The second-order valence-electron chi connectivity index (χ2n) is 6.62. The van der Waals surface area contributed by atoms with Crippen LogP contribution in [0, 0.1) is 5.92 Å². The van der Waals surface area contributed by atoms with Crippen molar-refractivity contribution < 1.29 is 23.1 Å². The smallest absolute Gasteiger partial charge is 0.329 e. The number of hydrogen-bond acceptors (Lipinski definition) is 4. The molecule has 0 aliphatic heterocycles. The van der Waals surface area contributed by atoms with E-state index in [-0.39, 0.29) is 6.04 Å². The summed E-state index contributed by atoms with van der Waals surface area (Å²) >= 11 is 0. The third kappa shape index (κ3) is 4.19. The van der Waals surface area contributed by atoms with E-state index < -0.39 is 33.2 Å². The molecule has 0 radical (unpaired) electrons. The van der Waals surface area contributed by atoms with Crippen LogP contribution in [0.3, 0.4) is 0 Å². The molecule has 2 fully saturated rings. The van der Waals surface area contributed by atoms with E-state index in [1.807, 2.05) is 0 Å². The summed E-state index contributed by atoms with van der Waals surface area (Å²) in [5.74, 6) is -1.95. The predicted octanol–water partition coefficient (Wildman–Crippen LogP) is 0.608. The number of nitrogens with one attached hydrogen (secondary N) is 2. The Morgan fingerprint density at radius 2 is 1.77 bits per heavy atom. The van der Waals surface area contributed by atoms with E-state index in [9.17, 15) is 18.0 Å². The SMILES string of the molecule is CC1CCC(NS(=O)(=O)CC(=O)NC2(C(=O)O)CCC2)CC1. The molecule has 8 heteroatoms. The summed E-state index contributed by atoms with van der Waals surface area (Å²) in [5.41, 5.74) is -1.27. The number of amides is 1. The molecule has 0 heterocycles. The monoisotopic (exact) mass is 332 g/mol. The molecule has 0 aromatic rings. The molecular formula is C14H24N2O5S. The van der Waals surface area contributed by atoms with E-state index in [1.165, 1.54) is 0 Å². The first-order valence-electron chi connectivity index (χ1n) is 7.77. The average Bonchev–Trinajstić information content (AvgIpc) is 2.35. The van der Waals surface area contributed by atoms with Gasteiger partial charge in [0, 0.05) is 6.04 Å². The van der Waals surface area contributed by atoms with Gasteiger partial charge in [0.15, 0.2) is 0 Å². The van der Waals surface area contributed by atoms with Crippen LogP contribution >= 0.6 is 0 Å². The molecule has 0 aromatic heterocycles. The van der Waals surface area contributed by atoms with E-state index >= 15 is 0 Å². The first kappa shape index (κ1) is 17.2. The topological polar surface area (TPSA) is 113 Å². The van der Waals surface area contributed by atoms with Gasteiger partial charge in [0.05, 0.1) is 0 Å². The molecule has 0 bridgehead atoms. The van der Waals surface area contributed by atoms with Crippen LogP contribution in [0.1, 0.15) is 51.9 Å². The number of carbonyl (C=O) groups excluding carboxylic acids is 1. The van der Waals surface area contributed by atoms with Gasteiger partial charge in [-0.05, 0) is 50.9 Å². The van der Waals surface area contributed by atoms with Gasteiger partial charge >= 0.3 is 5.97 Å². The Labute approximate surface area is 130 Å². The highest BCUT2D eigenvalue weighted by Crippen LogP contribution is 2.32. The summed E-state index contributed by atoms with van der Waals surface area (Å²) in [4.78, 5) is 23.0. The lowest BCUT2D eigenvalue weighted by atomic mass is 9.77. The first-order chi connectivity index (χ1) is 10.2. The minimum absolute atomic E-state index is 0.119. The van der Waals surface area contributed by atoms with E-state index in [0.717, 1.165) is 32.1 Å². The predicted molar refractivity (Wildman–Crippen MR) is 80.7 cm³/mol. The van der Waals surface area contributed by atoms with E-state index in [4.69, 9.17) is 5.11 Å². The van der Waals surface area contributed by atoms with Crippen LogP contribution in [0.5, 0.6) is 0 Å². The summed E-state index contributed by atoms with van der Waals surface area (Å²) in [6.45, 7) is 2.14. The fourth-order valence-electron chi connectivity index (χ4n) is 3.07. The van der Waals surface area contributed by atoms with Crippen molar-refractivity contribution in [1.82, 2.24) is 10.0 Å². The minimum atomic E-state index is -3.74. The second kappa shape index (κ2) is 6.54. The molecule has 126 valence electrons. The molecule has 0 unspecified atom stereocenters. The van der Waals surface area contributed by atoms with Gasteiger partial charge in [0.25, 0.3) is 0 Å². The standard InChI is InChI=1S/C14H24N2O5S/c1-10-3-5-11(6-4-10)16-22(20,21)9-12(17)15-14(13(18)19)7-2-8-14/h10-11,16H,2-9H2,1H3,(H,15,17)(H,18,19). The number of carbonyl (C=O) groups is 2. The van der Waals surface area contributed by atoms with Gasteiger partial charge in [-0.15, -0.1) is 0 Å². The first-order valence-corrected chi connectivity index (χ1v) is 9.42. The van der Waals surface area contributed by atoms with Crippen molar-refractivity contribution in [3.8, 4) is 0 Å². The maximum atomic E-state index is 12.0. The summed E-state index contributed by atoms with van der Waals surface area (Å²) in [7, 11) is -3.74. The van der Waals surface area contributed by atoms with Crippen molar-refractivity contribution in [1.29, 1.82) is 0 Å². The number of rotatable bonds is 6. The van der Waals surface area contributed by atoms with Crippen LogP contribution in [-0.4, -0.2) is 42.7 Å². The Hall–Kier alpha value is -1.15. The molecule has 7 nitrogen and oxygen atoms in total. The zero-order valence-electron chi connectivity index (χ0n) is 12.8. The van der Waals surface area contributed by atoms with Crippen LogP contribution in [0.15, 0.2) is 0 Å². The largest absolute Gasteiger partial charge is 0.480 e. The molecule has 2 saturated carbocycles. The highest BCUT2D eigenvalue weighted by atomic mass is 32.2. The summed E-state index contributed by atoms with van der Waals surface area (Å²) < 4.78 is 26.6. The summed E-state index contributed by atoms with van der Waals surface area (Å²) in [6, 6.07) is -0.119. The zero-order valence-corrected chi connectivity index (χ0v) is 13.6. The molecule has 0 spiro atoms. The molecule has 1 amide bonds. The van der Waals surface area contributed by atoms with Gasteiger partial charge in [0.1, 0.15) is 11.3 Å². The molecular weight excluding hydrogens is 308 g/mol. The molecule has 0 aromatic carbocycles. The number of hydrogen-bond donors (Lipinski definition) is 3. The van der Waals surface area contributed by atoms with Crippen molar-refractivity contribution >= 4 is 21.9 Å². The van der Waals surface area contributed by atoms with Crippen LogP contribution in [-0.2, 0) is 19.6 Å². The van der Waals surface area contributed by atoms with Gasteiger partial charge in [-0.2, -0.15) is 0 Å². The second-order valence-corrected chi connectivity index (χ2v) is 8.38. The Balaban J connectivity index is 1.86. The quantitative estimate of drug-likeness (QED) is 0.659. The maximum Gasteiger partial charge on any atom is 0.329 e. The Kier molecular flexibility index (Phi) is 5.11. The molecule has 0 atom stereocenters. The van der Waals surface area contributed by atoms with Crippen LogP contribution in [0.2, 0.25) is 0 Å². The van der Waals surface area contributed by atoms with E-state index in [0.29, 0.717) is 18.8 Å². The normalized spacial score (nSPS) is 27.7. The number of aliphatic carboxylic acids is 1. The van der Waals surface area contributed by atoms with Crippen molar-refractivity contribution in [3.63, 3.8) is 0 Å². The Morgan fingerprint density at radius 1 is 1.18 bits per heavy atom. The number of carboxylic acids is 1. The molecule has 3 N–H and O–H groups in total. The van der Waals surface area contributed by atoms with Gasteiger partial charge in [-0.25, -0.2) is 17.9 Å². The highest BCUT2D eigenvalue weighted by molar-refractivity contribution is 7.90.